The Morgan fingerprint density at radius 1 is 1.37 bits per heavy atom. The number of rotatable bonds is 4. The van der Waals surface area contributed by atoms with Crippen molar-refractivity contribution in [2.45, 2.75) is 52.7 Å². The van der Waals surface area contributed by atoms with Crippen LogP contribution in [0.2, 0.25) is 0 Å². The molecule has 5 nitrogen and oxygen atoms in total. The molecule has 19 heavy (non-hydrogen) atoms. The lowest BCUT2D eigenvalue weighted by Crippen LogP contribution is -2.56. The van der Waals surface area contributed by atoms with Crippen LogP contribution in [-0.2, 0) is 14.8 Å². The molecule has 1 aliphatic rings. The zero-order valence-electron chi connectivity index (χ0n) is 12.6. The third-order valence-corrected chi connectivity index (χ3v) is 4.94. The van der Waals surface area contributed by atoms with Crippen LogP contribution in [-0.4, -0.2) is 55.0 Å². The number of hydrogen-bond donors (Lipinski definition) is 1. The molecule has 114 valence electrons. The van der Waals surface area contributed by atoms with Crippen molar-refractivity contribution >= 4 is 10.0 Å². The molecule has 0 aromatic rings. The Balaban J connectivity index is 2.77. The molecule has 1 aliphatic heterocycles. The van der Waals surface area contributed by atoms with Crippen LogP contribution in [0, 0.1) is 5.41 Å². The Bertz CT molecular complexity index is 397. The molecule has 0 spiro atoms. The van der Waals surface area contributed by atoms with Gasteiger partial charge in [-0.3, -0.25) is 0 Å². The molecule has 1 unspecified atom stereocenters. The molecule has 0 bridgehead atoms. The Labute approximate surface area is 117 Å². The molecule has 0 aliphatic carbocycles. The third-order valence-electron chi connectivity index (χ3n) is 3.16. The molecular weight excluding hydrogens is 266 g/mol. The molecule has 1 saturated heterocycles. The maximum Gasteiger partial charge on any atom is 0.214 e. The van der Waals surface area contributed by atoms with Crippen molar-refractivity contribution in [3.63, 3.8) is 0 Å². The first-order chi connectivity index (χ1) is 8.45. The van der Waals surface area contributed by atoms with Crippen LogP contribution in [0.5, 0.6) is 0 Å². The second kappa shape index (κ2) is 5.68. The van der Waals surface area contributed by atoms with Crippen molar-refractivity contribution in [1.82, 2.24) is 4.31 Å². The predicted octanol–water partition coefficient (Wildman–Crippen LogP) is 1.22. The SMILES string of the molecule is CC(C)(C)CCS(=O)(=O)N1CC(CO)OC(C)(C)C1. The quantitative estimate of drug-likeness (QED) is 0.846. The van der Waals surface area contributed by atoms with Gasteiger partial charge in [0.15, 0.2) is 0 Å². The highest BCUT2D eigenvalue weighted by molar-refractivity contribution is 7.89. The average molecular weight is 293 g/mol. The Hall–Kier alpha value is -0.170. The number of nitrogens with zero attached hydrogens (tertiary/aromatic N) is 1. The second-order valence-corrected chi connectivity index (χ2v) is 9.19. The zero-order valence-corrected chi connectivity index (χ0v) is 13.5. The largest absolute Gasteiger partial charge is 0.394 e. The smallest absolute Gasteiger partial charge is 0.214 e. The average Bonchev–Trinajstić information content (AvgIpc) is 2.23. The van der Waals surface area contributed by atoms with Gasteiger partial charge < -0.3 is 9.84 Å². The van der Waals surface area contributed by atoms with Crippen molar-refractivity contribution in [3.8, 4) is 0 Å². The lowest BCUT2D eigenvalue weighted by atomic mass is 9.94. The molecule has 6 heteroatoms. The van der Waals surface area contributed by atoms with Crippen molar-refractivity contribution in [1.29, 1.82) is 0 Å². The highest BCUT2D eigenvalue weighted by Crippen LogP contribution is 2.25. The van der Waals surface area contributed by atoms with Crippen molar-refractivity contribution < 1.29 is 18.3 Å². The summed E-state index contributed by atoms with van der Waals surface area (Å²) in [5.74, 6) is 0.144. The minimum atomic E-state index is -3.29. The van der Waals surface area contributed by atoms with Gasteiger partial charge in [0.2, 0.25) is 10.0 Å². The second-order valence-electron chi connectivity index (χ2n) is 7.10. The van der Waals surface area contributed by atoms with Crippen LogP contribution < -0.4 is 0 Å². The normalized spacial score (nSPS) is 25.5. The van der Waals surface area contributed by atoms with Crippen LogP contribution in [0.4, 0.5) is 0 Å². The summed E-state index contributed by atoms with van der Waals surface area (Å²) in [5, 5.41) is 9.22. The van der Waals surface area contributed by atoms with E-state index in [1.54, 1.807) is 0 Å². The standard InChI is InChI=1S/C13H27NO4S/c1-12(2,3)6-7-19(16,17)14-8-11(9-15)18-13(4,5)10-14/h11,15H,6-10H2,1-5H3. The van der Waals surface area contributed by atoms with Gasteiger partial charge in [0.1, 0.15) is 0 Å². The summed E-state index contributed by atoms with van der Waals surface area (Å²) in [5.41, 5.74) is -0.564. The van der Waals surface area contributed by atoms with E-state index in [0.717, 1.165) is 0 Å². The van der Waals surface area contributed by atoms with E-state index in [1.165, 1.54) is 4.31 Å². The van der Waals surface area contributed by atoms with Crippen LogP contribution in [0.25, 0.3) is 0 Å². The van der Waals surface area contributed by atoms with Crippen molar-refractivity contribution in [2.24, 2.45) is 5.41 Å². The molecular formula is C13H27NO4S. The first-order valence-corrected chi connectivity index (χ1v) is 8.33. The molecule has 0 aromatic carbocycles. The topological polar surface area (TPSA) is 66.8 Å². The van der Waals surface area contributed by atoms with E-state index < -0.39 is 21.7 Å². The Kier molecular flexibility index (Phi) is 5.04. The van der Waals surface area contributed by atoms with E-state index >= 15 is 0 Å². The minimum absolute atomic E-state index is 0.00868. The van der Waals surface area contributed by atoms with Crippen LogP contribution in [0.15, 0.2) is 0 Å². The fraction of sp³-hybridized carbons (Fsp3) is 1.00. The fourth-order valence-electron chi connectivity index (χ4n) is 2.11. The van der Waals surface area contributed by atoms with Gasteiger partial charge in [-0.15, -0.1) is 0 Å². The van der Waals surface area contributed by atoms with E-state index in [0.29, 0.717) is 13.0 Å². The number of morpholine rings is 1. The summed E-state index contributed by atoms with van der Waals surface area (Å²) >= 11 is 0. The summed E-state index contributed by atoms with van der Waals surface area (Å²) in [4.78, 5) is 0. The van der Waals surface area contributed by atoms with E-state index in [1.807, 2.05) is 34.6 Å². The molecule has 1 atom stereocenters. The first-order valence-electron chi connectivity index (χ1n) is 6.72. The molecule has 0 radical (unpaired) electrons. The van der Waals surface area contributed by atoms with Gasteiger partial charge in [0.25, 0.3) is 0 Å². The Morgan fingerprint density at radius 2 is 1.95 bits per heavy atom. The van der Waals surface area contributed by atoms with Gasteiger partial charge in [-0.05, 0) is 25.7 Å². The summed E-state index contributed by atoms with van der Waals surface area (Å²) < 4.78 is 31.8. The predicted molar refractivity (Wildman–Crippen MR) is 75.5 cm³/mol. The number of ether oxygens (including phenoxy) is 1. The van der Waals surface area contributed by atoms with Crippen LogP contribution in [0.1, 0.15) is 41.0 Å². The molecule has 0 amide bonds. The van der Waals surface area contributed by atoms with Gasteiger partial charge in [-0.1, -0.05) is 20.8 Å². The number of hydrogen-bond acceptors (Lipinski definition) is 4. The van der Waals surface area contributed by atoms with E-state index in [9.17, 15) is 13.5 Å². The molecule has 1 heterocycles. The summed E-state index contributed by atoms with van der Waals surface area (Å²) in [7, 11) is -3.29. The van der Waals surface area contributed by atoms with E-state index in [-0.39, 0.29) is 24.3 Å². The highest BCUT2D eigenvalue weighted by Gasteiger charge is 2.38. The number of aliphatic hydroxyl groups excluding tert-OH is 1. The zero-order chi connectivity index (χ0) is 14.9. The van der Waals surface area contributed by atoms with E-state index in [4.69, 9.17) is 4.74 Å². The van der Waals surface area contributed by atoms with E-state index in [2.05, 4.69) is 0 Å². The number of aliphatic hydroxyl groups is 1. The summed E-state index contributed by atoms with van der Waals surface area (Å²) in [6.45, 7) is 10.2. The molecule has 0 aromatic heterocycles. The van der Waals surface area contributed by atoms with Gasteiger partial charge in [0.05, 0.1) is 24.1 Å². The van der Waals surface area contributed by atoms with Gasteiger partial charge in [0, 0.05) is 13.1 Å². The van der Waals surface area contributed by atoms with Crippen molar-refractivity contribution in [2.75, 3.05) is 25.4 Å². The highest BCUT2D eigenvalue weighted by atomic mass is 32.2. The van der Waals surface area contributed by atoms with Gasteiger partial charge in [-0.2, -0.15) is 4.31 Å². The lowest BCUT2D eigenvalue weighted by Gasteiger charge is -2.41. The molecule has 1 fully saturated rings. The third kappa shape index (κ3) is 5.38. The fourth-order valence-corrected chi connectivity index (χ4v) is 4.14. The Morgan fingerprint density at radius 3 is 2.42 bits per heavy atom. The number of sulfonamides is 1. The summed E-state index contributed by atoms with van der Waals surface area (Å²) in [6.07, 6.45) is 0.185. The van der Waals surface area contributed by atoms with Gasteiger partial charge in [-0.25, -0.2) is 8.42 Å². The molecule has 1 N–H and O–H groups in total. The van der Waals surface area contributed by atoms with Crippen molar-refractivity contribution in [3.05, 3.63) is 0 Å². The maximum atomic E-state index is 12.4. The maximum absolute atomic E-state index is 12.4. The van der Waals surface area contributed by atoms with Crippen LogP contribution in [0.3, 0.4) is 0 Å². The van der Waals surface area contributed by atoms with Crippen LogP contribution >= 0.6 is 0 Å². The summed E-state index contributed by atoms with van der Waals surface area (Å²) in [6, 6.07) is 0. The molecule has 0 saturated carbocycles. The minimum Gasteiger partial charge on any atom is -0.394 e. The molecule has 1 rings (SSSR count). The lowest BCUT2D eigenvalue weighted by molar-refractivity contribution is -0.131. The first kappa shape index (κ1) is 16.9. The monoisotopic (exact) mass is 293 g/mol. The van der Waals surface area contributed by atoms with Gasteiger partial charge >= 0.3 is 0 Å².